The lowest BCUT2D eigenvalue weighted by atomic mass is 9.98. The molecule has 2 heterocycles. The summed E-state index contributed by atoms with van der Waals surface area (Å²) in [6, 6.07) is 4.16. The molecule has 2 N–H and O–H groups in total. The second-order valence-electron chi connectivity index (χ2n) is 5.04. The molecule has 1 aromatic rings. The highest BCUT2D eigenvalue weighted by atomic mass is 16.5. The van der Waals surface area contributed by atoms with Gasteiger partial charge < -0.3 is 10.5 Å². The fourth-order valence-electron chi connectivity index (χ4n) is 2.45. The highest BCUT2D eigenvalue weighted by molar-refractivity contribution is 5.13. The molecule has 4 heteroatoms. The lowest BCUT2D eigenvalue weighted by Gasteiger charge is -2.31. The number of ether oxygens (including phenoxy) is 1. The van der Waals surface area contributed by atoms with E-state index in [0.717, 1.165) is 43.4 Å². The molecule has 0 amide bonds. The molecule has 1 aliphatic heterocycles. The largest absolute Gasteiger partial charge is 0.384 e. The molecule has 1 aliphatic rings. The summed E-state index contributed by atoms with van der Waals surface area (Å²) in [4.78, 5) is 6.92. The van der Waals surface area contributed by atoms with Crippen molar-refractivity contribution in [2.45, 2.75) is 25.9 Å². The first-order chi connectivity index (χ1) is 8.81. The Morgan fingerprint density at radius 2 is 2.17 bits per heavy atom. The molecule has 0 unspecified atom stereocenters. The summed E-state index contributed by atoms with van der Waals surface area (Å²) < 4.78 is 5.22. The summed E-state index contributed by atoms with van der Waals surface area (Å²) in [5.41, 5.74) is 7.80. The van der Waals surface area contributed by atoms with Gasteiger partial charge in [0.1, 0.15) is 0 Å². The van der Waals surface area contributed by atoms with Gasteiger partial charge in [-0.25, -0.2) is 0 Å². The molecule has 0 aliphatic carbocycles. The van der Waals surface area contributed by atoms with Gasteiger partial charge in [0.25, 0.3) is 0 Å². The number of likely N-dealkylation sites (tertiary alicyclic amines) is 1. The van der Waals surface area contributed by atoms with E-state index in [9.17, 15) is 0 Å². The van der Waals surface area contributed by atoms with Crippen LogP contribution in [0.4, 0.5) is 0 Å². The second kappa shape index (κ2) is 6.83. The molecule has 0 bridgehead atoms. The Morgan fingerprint density at radius 3 is 2.72 bits per heavy atom. The van der Waals surface area contributed by atoms with Gasteiger partial charge in [0.15, 0.2) is 0 Å². The number of rotatable bonds is 5. The first-order valence-corrected chi connectivity index (χ1v) is 6.67. The third kappa shape index (κ3) is 3.77. The first kappa shape index (κ1) is 13.5. The number of pyridine rings is 1. The van der Waals surface area contributed by atoms with Crippen LogP contribution in [0.25, 0.3) is 0 Å². The SMILES string of the molecule is COCC1CCN(Cc2ccc(CN)cn2)CC1. The standard InChI is InChI=1S/C14H23N3O/c1-18-11-12-4-6-17(7-5-12)10-14-3-2-13(8-15)9-16-14/h2-3,9,12H,4-8,10-11,15H2,1H3. The summed E-state index contributed by atoms with van der Waals surface area (Å²) in [6.07, 6.45) is 4.34. The molecule has 0 saturated carbocycles. The lowest BCUT2D eigenvalue weighted by Crippen LogP contribution is -2.34. The van der Waals surface area contributed by atoms with E-state index >= 15 is 0 Å². The molecule has 2 rings (SSSR count). The Labute approximate surface area is 109 Å². The van der Waals surface area contributed by atoms with Crippen molar-refractivity contribution in [2.75, 3.05) is 26.8 Å². The normalized spacial score (nSPS) is 18.1. The number of methoxy groups -OCH3 is 1. The number of piperidine rings is 1. The fraction of sp³-hybridized carbons (Fsp3) is 0.643. The second-order valence-corrected chi connectivity index (χ2v) is 5.04. The van der Waals surface area contributed by atoms with Crippen LogP contribution in [0.1, 0.15) is 24.1 Å². The van der Waals surface area contributed by atoms with Crippen LogP contribution in [0.15, 0.2) is 18.3 Å². The van der Waals surface area contributed by atoms with Crippen LogP contribution in [-0.2, 0) is 17.8 Å². The van der Waals surface area contributed by atoms with Crippen molar-refractivity contribution in [3.8, 4) is 0 Å². The number of hydrogen-bond acceptors (Lipinski definition) is 4. The van der Waals surface area contributed by atoms with Gasteiger partial charge >= 0.3 is 0 Å². The van der Waals surface area contributed by atoms with Gasteiger partial charge in [-0.2, -0.15) is 0 Å². The van der Waals surface area contributed by atoms with E-state index < -0.39 is 0 Å². The molecular formula is C14H23N3O. The minimum atomic E-state index is 0.565. The van der Waals surface area contributed by atoms with Crippen molar-refractivity contribution in [3.63, 3.8) is 0 Å². The summed E-state index contributed by atoms with van der Waals surface area (Å²) >= 11 is 0. The Balaban J connectivity index is 1.80. The van der Waals surface area contributed by atoms with Crippen LogP contribution in [0.2, 0.25) is 0 Å². The fourth-order valence-corrected chi connectivity index (χ4v) is 2.45. The Hall–Kier alpha value is -0.970. The van der Waals surface area contributed by atoms with Crippen molar-refractivity contribution >= 4 is 0 Å². The maximum Gasteiger partial charge on any atom is 0.0544 e. The van der Waals surface area contributed by atoms with Crippen LogP contribution < -0.4 is 5.73 Å². The van der Waals surface area contributed by atoms with E-state index in [0.29, 0.717) is 6.54 Å². The van der Waals surface area contributed by atoms with E-state index in [1.807, 2.05) is 6.20 Å². The number of nitrogens with zero attached hydrogens (tertiary/aromatic N) is 2. The smallest absolute Gasteiger partial charge is 0.0544 e. The van der Waals surface area contributed by atoms with Gasteiger partial charge in [-0.05, 0) is 43.5 Å². The predicted molar refractivity (Wildman–Crippen MR) is 72.0 cm³/mol. The number of nitrogens with two attached hydrogens (primary N) is 1. The van der Waals surface area contributed by atoms with Gasteiger partial charge in [-0.3, -0.25) is 9.88 Å². The van der Waals surface area contributed by atoms with Crippen LogP contribution >= 0.6 is 0 Å². The van der Waals surface area contributed by atoms with Crippen LogP contribution in [-0.4, -0.2) is 36.7 Å². The average molecular weight is 249 g/mol. The number of aromatic nitrogens is 1. The molecule has 4 nitrogen and oxygen atoms in total. The molecule has 100 valence electrons. The van der Waals surface area contributed by atoms with E-state index in [1.54, 1.807) is 7.11 Å². The predicted octanol–water partition coefficient (Wildman–Crippen LogP) is 1.40. The lowest BCUT2D eigenvalue weighted by molar-refractivity contribution is 0.0963. The number of hydrogen-bond donors (Lipinski definition) is 1. The van der Waals surface area contributed by atoms with Gasteiger partial charge in [-0.1, -0.05) is 6.07 Å². The van der Waals surface area contributed by atoms with E-state index in [2.05, 4.69) is 22.0 Å². The third-order valence-electron chi connectivity index (χ3n) is 3.62. The molecule has 18 heavy (non-hydrogen) atoms. The molecule has 1 fully saturated rings. The summed E-state index contributed by atoms with van der Waals surface area (Å²) in [5, 5.41) is 0. The summed E-state index contributed by atoms with van der Waals surface area (Å²) in [6.45, 7) is 4.71. The van der Waals surface area contributed by atoms with Crippen molar-refractivity contribution < 1.29 is 4.74 Å². The molecule has 0 aromatic carbocycles. The Kier molecular flexibility index (Phi) is 5.11. The molecule has 0 atom stereocenters. The maximum atomic E-state index is 5.57. The Bertz CT molecular complexity index is 345. The van der Waals surface area contributed by atoms with Gasteiger partial charge in [0.05, 0.1) is 5.69 Å². The minimum Gasteiger partial charge on any atom is -0.384 e. The van der Waals surface area contributed by atoms with Crippen molar-refractivity contribution in [1.82, 2.24) is 9.88 Å². The van der Waals surface area contributed by atoms with E-state index in [1.165, 1.54) is 12.8 Å². The monoisotopic (exact) mass is 249 g/mol. The van der Waals surface area contributed by atoms with E-state index in [4.69, 9.17) is 10.5 Å². The topological polar surface area (TPSA) is 51.4 Å². The van der Waals surface area contributed by atoms with E-state index in [-0.39, 0.29) is 0 Å². The van der Waals surface area contributed by atoms with Gasteiger partial charge in [0, 0.05) is 33.0 Å². The van der Waals surface area contributed by atoms with Gasteiger partial charge in [-0.15, -0.1) is 0 Å². The molecule has 0 spiro atoms. The highest BCUT2D eigenvalue weighted by Gasteiger charge is 2.19. The summed E-state index contributed by atoms with van der Waals surface area (Å²) in [7, 11) is 1.79. The van der Waals surface area contributed by atoms with Crippen LogP contribution in [0.3, 0.4) is 0 Å². The Morgan fingerprint density at radius 1 is 1.39 bits per heavy atom. The molecule has 1 aromatic heterocycles. The molecule has 0 radical (unpaired) electrons. The zero-order chi connectivity index (χ0) is 12.8. The zero-order valence-electron chi connectivity index (χ0n) is 11.1. The van der Waals surface area contributed by atoms with Crippen molar-refractivity contribution in [2.24, 2.45) is 11.7 Å². The van der Waals surface area contributed by atoms with Crippen LogP contribution in [0, 0.1) is 5.92 Å². The minimum absolute atomic E-state index is 0.565. The third-order valence-corrected chi connectivity index (χ3v) is 3.62. The molecule has 1 saturated heterocycles. The highest BCUT2D eigenvalue weighted by Crippen LogP contribution is 2.18. The quantitative estimate of drug-likeness (QED) is 0.857. The van der Waals surface area contributed by atoms with Crippen molar-refractivity contribution in [3.05, 3.63) is 29.6 Å². The average Bonchev–Trinajstić information content (AvgIpc) is 2.42. The van der Waals surface area contributed by atoms with Gasteiger partial charge in [0.2, 0.25) is 0 Å². The van der Waals surface area contributed by atoms with Crippen LogP contribution in [0.5, 0.6) is 0 Å². The first-order valence-electron chi connectivity index (χ1n) is 6.67. The molecular weight excluding hydrogens is 226 g/mol. The van der Waals surface area contributed by atoms with Crippen molar-refractivity contribution in [1.29, 1.82) is 0 Å². The maximum absolute atomic E-state index is 5.57. The summed E-state index contributed by atoms with van der Waals surface area (Å²) in [5.74, 6) is 0.735. The zero-order valence-corrected chi connectivity index (χ0v) is 11.1.